The Morgan fingerprint density at radius 3 is 2.46 bits per heavy atom. The highest BCUT2D eigenvalue weighted by molar-refractivity contribution is 6.30. The number of hydrogen-bond donors (Lipinski definition) is 3. The molecule has 0 aliphatic heterocycles. The van der Waals surface area contributed by atoms with Crippen molar-refractivity contribution in [1.29, 1.82) is 5.26 Å². The van der Waals surface area contributed by atoms with Crippen molar-refractivity contribution in [1.82, 2.24) is 10.6 Å². The number of halogens is 2. The number of anilines is 1. The summed E-state index contributed by atoms with van der Waals surface area (Å²) in [6.45, 7) is 2.35. The Kier molecular flexibility index (Phi) is 8.69. The first kappa shape index (κ1) is 19.8. The number of urea groups is 1. The van der Waals surface area contributed by atoms with E-state index in [0.29, 0.717) is 41.7 Å². The van der Waals surface area contributed by atoms with Gasteiger partial charge in [-0.05, 0) is 37.1 Å². The minimum atomic E-state index is -0.765. The molecule has 0 spiro atoms. The van der Waals surface area contributed by atoms with E-state index >= 15 is 0 Å². The molecule has 24 heavy (non-hydrogen) atoms. The van der Waals surface area contributed by atoms with Crippen molar-refractivity contribution in [2.75, 3.05) is 17.7 Å². The van der Waals surface area contributed by atoms with Crippen molar-refractivity contribution >= 4 is 40.8 Å². The molecule has 128 valence electrons. The van der Waals surface area contributed by atoms with E-state index in [-0.39, 0.29) is 5.57 Å². The summed E-state index contributed by atoms with van der Waals surface area (Å²) in [6, 6.07) is 7.51. The fraction of sp³-hybridized carbons (Fsp3) is 0.312. The fourth-order valence-electron chi connectivity index (χ4n) is 1.81. The van der Waals surface area contributed by atoms with E-state index in [4.69, 9.17) is 23.2 Å². The second kappa shape index (κ2) is 10.5. The Balaban J connectivity index is 2.73. The van der Waals surface area contributed by atoms with E-state index < -0.39 is 11.9 Å². The summed E-state index contributed by atoms with van der Waals surface area (Å²) in [5, 5.41) is 17.4. The van der Waals surface area contributed by atoms with Crippen LogP contribution in [-0.2, 0) is 4.79 Å². The molecule has 0 aromatic heterocycles. The second-order valence-electron chi connectivity index (χ2n) is 4.70. The molecule has 0 saturated heterocycles. The van der Waals surface area contributed by atoms with E-state index in [9.17, 15) is 14.9 Å². The Morgan fingerprint density at radius 2 is 1.92 bits per heavy atom. The number of rotatable bonds is 7. The first-order valence-corrected chi connectivity index (χ1v) is 8.24. The summed E-state index contributed by atoms with van der Waals surface area (Å²) in [5.41, 5.74) is 0.820. The summed E-state index contributed by atoms with van der Waals surface area (Å²) in [6.07, 6.45) is 1.15. The standard InChI is InChI=1S/C16H18Cl2N4O2/c1-2-14(20-9-3-8-17)13(10-19)15(23)22-16(24)21-12-6-4-11(18)5-7-12/h4-7,20H,2-3,8-9H2,1H3,(H2,21,22,23,24)/b14-13-. The number of allylic oxidation sites excluding steroid dienone is 1. The summed E-state index contributed by atoms with van der Waals surface area (Å²) >= 11 is 11.4. The molecule has 8 heteroatoms. The molecule has 1 aromatic carbocycles. The Morgan fingerprint density at radius 1 is 1.25 bits per heavy atom. The van der Waals surface area contributed by atoms with E-state index in [0.717, 1.165) is 0 Å². The predicted octanol–water partition coefficient (Wildman–Crippen LogP) is 3.39. The molecule has 3 N–H and O–H groups in total. The number of nitrogens with zero attached hydrogens (tertiary/aromatic N) is 1. The van der Waals surface area contributed by atoms with Gasteiger partial charge in [-0.2, -0.15) is 5.26 Å². The number of hydrogen-bond acceptors (Lipinski definition) is 4. The maximum Gasteiger partial charge on any atom is 0.326 e. The molecule has 0 atom stereocenters. The zero-order chi connectivity index (χ0) is 17.9. The topological polar surface area (TPSA) is 94.0 Å². The molecule has 6 nitrogen and oxygen atoms in total. The van der Waals surface area contributed by atoms with Gasteiger partial charge in [0.05, 0.1) is 0 Å². The third-order valence-corrected chi connectivity index (χ3v) is 3.49. The van der Waals surface area contributed by atoms with Gasteiger partial charge < -0.3 is 10.6 Å². The predicted molar refractivity (Wildman–Crippen MR) is 94.9 cm³/mol. The van der Waals surface area contributed by atoms with Crippen molar-refractivity contribution in [3.63, 3.8) is 0 Å². The molecule has 0 aliphatic rings. The molecule has 0 unspecified atom stereocenters. The molecule has 0 heterocycles. The third kappa shape index (κ3) is 6.49. The van der Waals surface area contributed by atoms with Crippen LogP contribution in [0, 0.1) is 11.3 Å². The van der Waals surface area contributed by atoms with Gasteiger partial charge in [-0.25, -0.2) is 4.79 Å². The van der Waals surface area contributed by atoms with Crippen LogP contribution in [0.5, 0.6) is 0 Å². The molecule has 1 rings (SSSR count). The summed E-state index contributed by atoms with van der Waals surface area (Å²) in [4.78, 5) is 24.0. The van der Waals surface area contributed by atoms with Gasteiger partial charge in [0.1, 0.15) is 11.6 Å². The molecular formula is C16H18Cl2N4O2. The van der Waals surface area contributed by atoms with Gasteiger partial charge in [0.25, 0.3) is 5.91 Å². The molecule has 0 aliphatic carbocycles. The first-order chi connectivity index (χ1) is 11.5. The largest absolute Gasteiger partial charge is 0.387 e. The zero-order valence-corrected chi connectivity index (χ0v) is 14.7. The van der Waals surface area contributed by atoms with Crippen LogP contribution in [0.1, 0.15) is 19.8 Å². The lowest BCUT2D eigenvalue weighted by Gasteiger charge is -2.11. The van der Waals surface area contributed by atoms with E-state index in [1.807, 2.05) is 6.07 Å². The van der Waals surface area contributed by atoms with Crippen molar-refractivity contribution in [3.05, 3.63) is 40.6 Å². The quantitative estimate of drug-likeness (QED) is 0.297. The maximum absolute atomic E-state index is 12.1. The minimum Gasteiger partial charge on any atom is -0.387 e. The van der Waals surface area contributed by atoms with Gasteiger partial charge in [-0.3, -0.25) is 10.1 Å². The number of carbonyl (C=O) groups excluding carboxylic acids is 2. The summed E-state index contributed by atoms with van der Waals surface area (Å²) in [7, 11) is 0. The van der Waals surface area contributed by atoms with Gasteiger partial charge in [0.15, 0.2) is 0 Å². The van der Waals surface area contributed by atoms with Crippen molar-refractivity contribution in [2.24, 2.45) is 0 Å². The lowest BCUT2D eigenvalue weighted by atomic mass is 10.1. The minimum absolute atomic E-state index is 0.127. The lowest BCUT2D eigenvalue weighted by Crippen LogP contribution is -2.36. The van der Waals surface area contributed by atoms with Crippen molar-refractivity contribution in [3.8, 4) is 6.07 Å². The maximum atomic E-state index is 12.1. The SMILES string of the molecule is CC/C(NCCCCl)=C(\C#N)C(=O)NC(=O)Nc1ccc(Cl)cc1. The number of carbonyl (C=O) groups is 2. The zero-order valence-electron chi connectivity index (χ0n) is 13.2. The van der Waals surface area contributed by atoms with Crippen LogP contribution in [0.4, 0.5) is 10.5 Å². The van der Waals surface area contributed by atoms with Crippen LogP contribution >= 0.6 is 23.2 Å². The van der Waals surface area contributed by atoms with Crippen molar-refractivity contribution < 1.29 is 9.59 Å². The summed E-state index contributed by atoms with van der Waals surface area (Å²) < 4.78 is 0. The highest BCUT2D eigenvalue weighted by Crippen LogP contribution is 2.13. The molecule has 0 radical (unpaired) electrons. The molecule has 0 saturated carbocycles. The third-order valence-electron chi connectivity index (χ3n) is 2.97. The van der Waals surface area contributed by atoms with Gasteiger partial charge in [-0.15, -0.1) is 11.6 Å². The Hall–Kier alpha value is -2.23. The van der Waals surface area contributed by atoms with Crippen LogP contribution in [0.3, 0.4) is 0 Å². The fourth-order valence-corrected chi connectivity index (χ4v) is 2.07. The normalized spacial score (nSPS) is 11.1. The summed E-state index contributed by atoms with van der Waals surface area (Å²) in [5.74, 6) is -0.291. The van der Waals surface area contributed by atoms with Crippen LogP contribution < -0.4 is 16.0 Å². The average molecular weight is 369 g/mol. The molecule has 1 aromatic rings. The lowest BCUT2D eigenvalue weighted by molar-refractivity contribution is -0.116. The van der Waals surface area contributed by atoms with Crippen LogP contribution in [0.25, 0.3) is 0 Å². The van der Waals surface area contributed by atoms with Crippen LogP contribution in [-0.4, -0.2) is 24.4 Å². The number of alkyl halides is 1. The van der Waals surface area contributed by atoms with Gasteiger partial charge >= 0.3 is 6.03 Å². The molecular weight excluding hydrogens is 351 g/mol. The van der Waals surface area contributed by atoms with Crippen LogP contribution in [0.15, 0.2) is 35.5 Å². The second-order valence-corrected chi connectivity index (χ2v) is 5.52. The highest BCUT2D eigenvalue weighted by Gasteiger charge is 2.17. The number of benzene rings is 1. The Bertz CT molecular complexity index is 651. The van der Waals surface area contributed by atoms with E-state index in [1.54, 1.807) is 31.2 Å². The van der Waals surface area contributed by atoms with Crippen LogP contribution in [0.2, 0.25) is 5.02 Å². The van der Waals surface area contributed by atoms with Gasteiger partial charge in [-0.1, -0.05) is 18.5 Å². The van der Waals surface area contributed by atoms with Crippen molar-refractivity contribution in [2.45, 2.75) is 19.8 Å². The van der Waals surface area contributed by atoms with E-state index in [1.165, 1.54) is 0 Å². The average Bonchev–Trinajstić information content (AvgIpc) is 2.56. The molecule has 3 amide bonds. The van der Waals surface area contributed by atoms with E-state index in [2.05, 4.69) is 16.0 Å². The van der Waals surface area contributed by atoms with Gasteiger partial charge in [0.2, 0.25) is 0 Å². The monoisotopic (exact) mass is 368 g/mol. The molecule has 0 fully saturated rings. The smallest absolute Gasteiger partial charge is 0.326 e. The number of imide groups is 1. The Labute approximate surface area is 150 Å². The highest BCUT2D eigenvalue weighted by atomic mass is 35.5. The van der Waals surface area contributed by atoms with Gasteiger partial charge in [0, 0.05) is 28.8 Å². The number of amides is 3. The molecule has 0 bridgehead atoms. The first-order valence-electron chi connectivity index (χ1n) is 7.32. The number of nitriles is 1. The number of nitrogens with one attached hydrogen (secondary N) is 3.